The monoisotopic (exact) mass is 336 g/mol. The van der Waals surface area contributed by atoms with Gasteiger partial charge in [-0.25, -0.2) is 4.39 Å². The van der Waals surface area contributed by atoms with Gasteiger partial charge in [0.2, 0.25) is 0 Å². The van der Waals surface area contributed by atoms with Gasteiger partial charge >= 0.3 is 0 Å². The summed E-state index contributed by atoms with van der Waals surface area (Å²) >= 11 is 2.07. The van der Waals surface area contributed by atoms with Crippen LogP contribution in [0, 0.1) is 11.7 Å². The molecule has 2 heterocycles. The Bertz CT molecular complexity index is 526. The molecular weight excluding hydrogens is 311 g/mol. The molecule has 3 nitrogen and oxygen atoms in total. The van der Waals surface area contributed by atoms with Crippen LogP contribution in [-0.4, -0.2) is 48.0 Å². The molecule has 0 aromatic heterocycles. The zero-order chi connectivity index (χ0) is 16.1. The zero-order valence-corrected chi connectivity index (χ0v) is 14.3. The van der Waals surface area contributed by atoms with E-state index < -0.39 is 0 Å². The second-order valence-electron chi connectivity index (χ2n) is 6.54. The molecule has 1 aromatic carbocycles. The van der Waals surface area contributed by atoms with Gasteiger partial charge in [0.05, 0.1) is 0 Å². The van der Waals surface area contributed by atoms with Crippen LogP contribution in [0.1, 0.15) is 36.0 Å². The number of amides is 1. The topological polar surface area (TPSA) is 32.3 Å². The van der Waals surface area contributed by atoms with Crippen LogP contribution in [0.3, 0.4) is 0 Å². The molecule has 5 heteroatoms. The van der Waals surface area contributed by atoms with Crippen LogP contribution >= 0.6 is 11.8 Å². The average molecular weight is 336 g/mol. The third-order valence-corrected chi connectivity index (χ3v) is 6.04. The van der Waals surface area contributed by atoms with E-state index in [1.54, 1.807) is 12.1 Å². The molecule has 0 spiro atoms. The Morgan fingerprint density at radius 1 is 1.22 bits per heavy atom. The van der Waals surface area contributed by atoms with E-state index in [2.05, 4.69) is 22.0 Å². The van der Waals surface area contributed by atoms with Crippen molar-refractivity contribution >= 4 is 17.7 Å². The van der Waals surface area contributed by atoms with Crippen LogP contribution in [-0.2, 0) is 0 Å². The minimum absolute atomic E-state index is 0.170. The Morgan fingerprint density at radius 3 is 2.65 bits per heavy atom. The SMILES string of the molecule is O=C(NCC1CCN(C2CCSCC2)CC1)c1cccc(F)c1. The van der Waals surface area contributed by atoms with Gasteiger partial charge in [-0.3, -0.25) is 4.79 Å². The summed E-state index contributed by atoms with van der Waals surface area (Å²) < 4.78 is 13.2. The van der Waals surface area contributed by atoms with Crippen LogP contribution in [0.15, 0.2) is 24.3 Å². The molecule has 0 atom stereocenters. The zero-order valence-electron chi connectivity index (χ0n) is 13.5. The summed E-state index contributed by atoms with van der Waals surface area (Å²) in [6, 6.07) is 6.65. The van der Waals surface area contributed by atoms with E-state index in [9.17, 15) is 9.18 Å². The fourth-order valence-corrected chi connectivity index (χ4v) is 4.62. The van der Waals surface area contributed by atoms with Crippen LogP contribution in [0.4, 0.5) is 4.39 Å². The number of rotatable bonds is 4. The molecule has 1 amide bonds. The predicted octanol–water partition coefficient (Wildman–Crippen LogP) is 3.16. The van der Waals surface area contributed by atoms with Gasteiger partial charge in [0.15, 0.2) is 0 Å². The number of nitrogens with one attached hydrogen (secondary N) is 1. The molecule has 2 aliphatic rings. The maximum atomic E-state index is 13.2. The van der Waals surface area contributed by atoms with Gasteiger partial charge in [-0.2, -0.15) is 11.8 Å². The summed E-state index contributed by atoms with van der Waals surface area (Å²) in [6.45, 7) is 3.00. The Kier molecular flexibility index (Phi) is 5.95. The van der Waals surface area contributed by atoms with Gasteiger partial charge in [-0.1, -0.05) is 6.07 Å². The number of carbonyl (C=O) groups is 1. The lowest BCUT2D eigenvalue weighted by Gasteiger charge is -2.39. The van der Waals surface area contributed by atoms with Crippen LogP contribution in [0.5, 0.6) is 0 Å². The van der Waals surface area contributed by atoms with E-state index in [1.165, 1.54) is 36.5 Å². The van der Waals surface area contributed by atoms with Crippen molar-refractivity contribution in [2.75, 3.05) is 31.1 Å². The molecule has 0 aliphatic carbocycles. The highest BCUT2D eigenvalue weighted by Gasteiger charge is 2.26. The van der Waals surface area contributed by atoms with E-state index in [-0.39, 0.29) is 11.7 Å². The third kappa shape index (κ3) is 4.70. The number of nitrogens with zero attached hydrogens (tertiary/aromatic N) is 1. The Morgan fingerprint density at radius 2 is 1.96 bits per heavy atom. The smallest absolute Gasteiger partial charge is 0.251 e. The number of hydrogen-bond donors (Lipinski definition) is 1. The molecule has 1 aromatic rings. The van der Waals surface area contributed by atoms with Crippen molar-refractivity contribution in [3.05, 3.63) is 35.6 Å². The second-order valence-corrected chi connectivity index (χ2v) is 7.77. The average Bonchev–Trinajstić information content (AvgIpc) is 2.61. The molecule has 126 valence electrons. The first-order chi connectivity index (χ1) is 11.2. The fourth-order valence-electron chi connectivity index (χ4n) is 3.54. The summed E-state index contributed by atoms with van der Waals surface area (Å²) in [5.74, 6) is 2.61. The quantitative estimate of drug-likeness (QED) is 0.917. The number of halogens is 1. The van der Waals surface area contributed by atoms with Crippen LogP contribution < -0.4 is 5.32 Å². The predicted molar refractivity (Wildman–Crippen MR) is 93.4 cm³/mol. The van der Waals surface area contributed by atoms with Gasteiger partial charge in [-0.05, 0) is 74.4 Å². The molecule has 2 saturated heterocycles. The minimum Gasteiger partial charge on any atom is -0.352 e. The van der Waals surface area contributed by atoms with Crippen LogP contribution in [0.25, 0.3) is 0 Å². The first-order valence-corrected chi connectivity index (χ1v) is 9.73. The van der Waals surface area contributed by atoms with E-state index >= 15 is 0 Å². The normalized spacial score (nSPS) is 21.3. The van der Waals surface area contributed by atoms with Crippen LogP contribution in [0.2, 0.25) is 0 Å². The summed E-state index contributed by atoms with van der Waals surface area (Å²) in [5.41, 5.74) is 0.405. The maximum Gasteiger partial charge on any atom is 0.251 e. The van der Waals surface area contributed by atoms with Crippen molar-refractivity contribution in [2.45, 2.75) is 31.7 Å². The standard InChI is InChI=1S/C18H25FN2OS/c19-16-3-1-2-15(12-16)18(22)20-13-14-4-8-21(9-5-14)17-6-10-23-11-7-17/h1-3,12,14,17H,4-11,13H2,(H,20,22). The molecule has 3 rings (SSSR count). The van der Waals surface area contributed by atoms with Gasteiger partial charge in [0.1, 0.15) is 5.82 Å². The molecule has 1 N–H and O–H groups in total. The van der Waals surface area contributed by atoms with Crippen molar-refractivity contribution in [1.82, 2.24) is 10.2 Å². The summed E-state index contributed by atoms with van der Waals surface area (Å²) in [6.07, 6.45) is 4.94. The first kappa shape index (κ1) is 16.8. The minimum atomic E-state index is -0.364. The lowest BCUT2D eigenvalue weighted by atomic mass is 9.94. The van der Waals surface area contributed by atoms with E-state index in [0.717, 1.165) is 32.0 Å². The second kappa shape index (κ2) is 8.15. The Balaban J connectivity index is 1.41. The van der Waals surface area contributed by atoms with Crippen molar-refractivity contribution in [2.24, 2.45) is 5.92 Å². The summed E-state index contributed by atoms with van der Waals surface area (Å²) in [4.78, 5) is 14.7. The molecule has 23 heavy (non-hydrogen) atoms. The highest BCUT2D eigenvalue weighted by Crippen LogP contribution is 2.26. The van der Waals surface area contributed by atoms with Crippen molar-refractivity contribution in [3.63, 3.8) is 0 Å². The Hall–Kier alpha value is -1.07. The molecule has 0 bridgehead atoms. The van der Waals surface area contributed by atoms with Crippen molar-refractivity contribution in [3.8, 4) is 0 Å². The number of piperidine rings is 1. The lowest BCUT2D eigenvalue weighted by molar-refractivity contribution is 0.0920. The summed E-state index contributed by atoms with van der Waals surface area (Å²) in [5, 5.41) is 2.96. The fraction of sp³-hybridized carbons (Fsp3) is 0.611. The third-order valence-electron chi connectivity index (χ3n) is 4.99. The number of hydrogen-bond acceptors (Lipinski definition) is 3. The molecule has 2 aliphatic heterocycles. The highest BCUT2D eigenvalue weighted by atomic mass is 32.2. The number of likely N-dealkylation sites (tertiary alicyclic amines) is 1. The molecule has 2 fully saturated rings. The van der Waals surface area contributed by atoms with Gasteiger partial charge < -0.3 is 10.2 Å². The number of benzene rings is 1. The lowest BCUT2D eigenvalue weighted by Crippen LogP contribution is -2.45. The maximum absolute atomic E-state index is 13.2. The highest BCUT2D eigenvalue weighted by molar-refractivity contribution is 7.99. The number of thioether (sulfide) groups is 1. The molecular formula is C18H25FN2OS. The van der Waals surface area contributed by atoms with Gasteiger partial charge in [0.25, 0.3) is 5.91 Å². The summed E-state index contributed by atoms with van der Waals surface area (Å²) in [7, 11) is 0. The van der Waals surface area contributed by atoms with E-state index in [4.69, 9.17) is 0 Å². The largest absolute Gasteiger partial charge is 0.352 e. The van der Waals surface area contributed by atoms with Gasteiger partial charge in [-0.15, -0.1) is 0 Å². The Labute approximate surface area is 142 Å². The molecule has 0 radical (unpaired) electrons. The molecule has 0 unspecified atom stereocenters. The number of carbonyl (C=O) groups excluding carboxylic acids is 1. The van der Waals surface area contributed by atoms with E-state index in [1.807, 2.05) is 0 Å². The van der Waals surface area contributed by atoms with E-state index in [0.29, 0.717) is 18.0 Å². The van der Waals surface area contributed by atoms with Crippen molar-refractivity contribution < 1.29 is 9.18 Å². The first-order valence-electron chi connectivity index (χ1n) is 8.58. The molecule has 0 saturated carbocycles. The van der Waals surface area contributed by atoms with Gasteiger partial charge in [0, 0.05) is 18.2 Å². The van der Waals surface area contributed by atoms with Crippen molar-refractivity contribution in [1.29, 1.82) is 0 Å².